The quantitative estimate of drug-likeness (QED) is 0.328. The first kappa shape index (κ1) is 31.9. The minimum absolute atomic E-state index is 0.0970. The summed E-state index contributed by atoms with van der Waals surface area (Å²) in [6.07, 6.45) is 0.369. The van der Waals surface area contributed by atoms with Gasteiger partial charge in [0.05, 0.1) is 10.6 Å². The maximum atomic E-state index is 14.3. The van der Waals surface area contributed by atoms with E-state index in [4.69, 9.17) is 0 Å². The molecule has 0 aliphatic rings. The van der Waals surface area contributed by atoms with Gasteiger partial charge < -0.3 is 10.2 Å². The lowest BCUT2D eigenvalue weighted by Gasteiger charge is -2.35. The molecule has 3 aromatic rings. The van der Waals surface area contributed by atoms with Gasteiger partial charge in [-0.25, -0.2) is 8.42 Å². The van der Waals surface area contributed by atoms with Gasteiger partial charge in [0.25, 0.3) is 10.0 Å². The first-order valence-corrected chi connectivity index (χ1v) is 15.4. The Balaban J connectivity index is 2.13. The van der Waals surface area contributed by atoms with E-state index in [0.717, 1.165) is 27.8 Å². The number of hydrogen-bond donors (Lipinski definition) is 1. The molecular formula is C33H43N3O4S. The molecule has 8 heteroatoms. The molecule has 7 nitrogen and oxygen atoms in total. The molecule has 0 heterocycles. The van der Waals surface area contributed by atoms with E-state index in [-0.39, 0.29) is 17.3 Å². The highest BCUT2D eigenvalue weighted by atomic mass is 32.2. The summed E-state index contributed by atoms with van der Waals surface area (Å²) < 4.78 is 29.4. The van der Waals surface area contributed by atoms with E-state index < -0.39 is 34.1 Å². The largest absolute Gasteiger partial charge is 0.350 e. The van der Waals surface area contributed by atoms with Crippen LogP contribution in [-0.2, 0) is 26.2 Å². The molecule has 0 bridgehead atoms. The Bertz CT molecular complexity index is 1490. The highest BCUT2D eigenvalue weighted by Gasteiger charge is 2.35. The van der Waals surface area contributed by atoms with Crippen molar-refractivity contribution in [2.45, 2.75) is 84.8 Å². The normalized spacial score (nSPS) is 12.5. The number of carbonyl (C=O) groups excluding carboxylic acids is 2. The van der Waals surface area contributed by atoms with E-state index in [9.17, 15) is 18.0 Å². The van der Waals surface area contributed by atoms with E-state index in [1.807, 2.05) is 85.7 Å². The third-order valence-electron chi connectivity index (χ3n) is 7.22. The summed E-state index contributed by atoms with van der Waals surface area (Å²) in [5, 5.41) is 3.00. The smallest absolute Gasteiger partial charge is 0.264 e. The van der Waals surface area contributed by atoms with E-state index in [1.54, 1.807) is 36.4 Å². The number of nitrogens with one attached hydrogen (secondary N) is 1. The number of aryl methyl sites for hydroxylation is 3. The highest BCUT2D eigenvalue weighted by Crippen LogP contribution is 2.29. The monoisotopic (exact) mass is 577 g/mol. The van der Waals surface area contributed by atoms with Crippen LogP contribution in [0.3, 0.4) is 0 Å². The molecule has 0 spiro atoms. The van der Waals surface area contributed by atoms with Crippen molar-refractivity contribution in [2.75, 3.05) is 10.8 Å². The molecular weight excluding hydrogens is 534 g/mol. The minimum Gasteiger partial charge on any atom is -0.350 e. The summed E-state index contributed by atoms with van der Waals surface area (Å²) in [6.45, 7) is 14.9. The maximum absolute atomic E-state index is 14.3. The zero-order chi connectivity index (χ0) is 30.5. The molecule has 2 amide bonds. The van der Waals surface area contributed by atoms with Crippen LogP contribution in [0, 0.1) is 27.7 Å². The lowest BCUT2D eigenvalue weighted by Crippen LogP contribution is -2.55. The van der Waals surface area contributed by atoms with Crippen LogP contribution >= 0.6 is 0 Å². The number of rotatable bonds is 10. The Hall–Kier alpha value is -3.65. The third-order valence-corrected chi connectivity index (χ3v) is 8.99. The molecule has 3 aromatic carbocycles. The molecule has 1 N–H and O–H groups in total. The van der Waals surface area contributed by atoms with Crippen molar-refractivity contribution in [3.8, 4) is 0 Å². The predicted molar refractivity (Wildman–Crippen MR) is 165 cm³/mol. The summed E-state index contributed by atoms with van der Waals surface area (Å²) >= 11 is 0. The van der Waals surface area contributed by atoms with Gasteiger partial charge in [0.2, 0.25) is 11.8 Å². The van der Waals surface area contributed by atoms with Crippen LogP contribution in [0.2, 0.25) is 0 Å². The molecule has 3 rings (SSSR count). The highest BCUT2D eigenvalue weighted by molar-refractivity contribution is 7.92. The SMILES string of the molecule is CC[C@H](C(=O)NC(C)(C)C)N(Cc1ccccc1C)C(=O)CN(c1cccc(C)c1C)S(=O)(=O)c1ccc(C)cc1. The second-order valence-electron chi connectivity index (χ2n) is 11.7. The topological polar surface area (TPSA) is 86.8 Å². The van der Waals surface area contributed by atoms with Gasteiger partial charge in [-0.1, -0.05) is 61.0 Å². The molecule has 0 aliphatic heterocycles. The van der Waals surface area contributed by atoms with Gasteiger partial charge in [0, 0.05) is 12.1 Å². The minimum atomic E-state index is -4.12. The van der Waals surface area contributed by atoms with Crippen LogP contribution in [0.15, 0.2) is 71.6 Å². The zero-order valence-electron chi connectivity index (χ0n) is 25.5. The average molecular weight is 578 g/mol. The van der Waals surface area contributed by atoms with Gasteiger partial charge >= 0.3 is 0 Å². The van der Waals surface area contributed by atoms with Gasteiger partial charge in [-0.05, 0) is 95.3 Å². The molecule has 0 radical (unpaired) electrons. The molecule has 220 valence electrons. The summed E-state index contributed by atoms with van der Waals surface area (Å²) in [4.78, 5) is 29.4. The van der Waals surface area contributed by atoms with Crippen molar-refractivity contribution in [1.29, 1.82) is 0 Å². The summed E-state index contributed by atoms with van der Waals surface area (Å²) in [5.41, 5.74) is 4.41. The predicted octanol–water partition coefficient (Wildman–Crippen LogP) is 5.84. The van der Waals surface area contributed by atoms with Crippen molar-refractivity contribution in [3.63, 3.8) is 0 Å². The zero-order valence-corrected chi connectivity index (χ0v) is 26.3. The number of anilines is 1. The fourth-order valence-electron chi connectivity index (χ4n) is 4.70. The Morgan fingerprint density at radius 3 is 2.05 bits per heavy atom. The van der Waals surface area contributed by atoms with E-state index in [0.29, 0.717) is 12.1 Å². The van der Waals surface area contributed by atoms with Crippen LogP contribution in [0.1, 0.15) is 61.9 Å². The lowest BCUT2D eigenvalue weighted by atomic mass is 10.0. The Labute approximate surface area is 245 Å². The second kappa shape index (κ2) is 12.9. The fourth-order valence-corrected chi connectivity index (χ4v) is 6.17. The molecule has 0 aromatic heterocycles. The third kappa shape index (κ3) is 7.76. The van der Waals surface area contributed by atoms with Crippen LogP contribution in [0.5, 0.6) is 0 Å². The number of carbonyl (C=O) groups is 2. The Morgan fingerprint density at radius 2 is 1.46 bits per heavy atom. The van der Waals surface area contributed by atoms with Crippen molar-refractivity contribution in [2.24, 2.45) is 0 Å². The van der Waals surface area contributed by atoms with Crippen LogP contribution in [0.4, 0.5) is 5.69 Å². The van der Waals surface area contributed by atoms with E-state index in [2.05, 4.69) is 5.32 Å². The molecule has 0 fully saturated rings. The molecule has 41 heavy (non-hydrogen) atoms. The van der Waals surface area contributed by atoms with Crippen LogP contribution < -0.4 is 9.62 Å². The number of hydrogen-bond acceptors (Lipinski definition) is 4. The van der Waals surface area contributed by atoms with E-state index >= 15 is 0 Å². The van der Waals surface area contributed by atoms with Crippen LogP contribution in [0.25, 0.3) is 0 Å². The van der Waals surface area contributed by atoms with Gasteiger partial charge in [-0.15, -0.1) is 0 Å². The van der Waals surface area contributed by atoms with Crippen molar-refractivity contribution in [3.05, 3.63) is 94.5 Å². The lowest BCUT2D eigenvalue weighted by molar-refractivity contribution is -0.141. The number of benzene rings is 3. The van der Waals surface area contributed by atoms with Crippen molar-refractivity contribution in [1.82, 2.24) is 10.2 Å². The standard InChI is InChI=1S/C33H43N3O4S/c1-9-29(32(38)34-33(6,7)8)35(21-27-15-11-10-13-25(27)4)31(37)22-36(30-16-12-14-24(3)26(30)5)41(39,40)28-19-17-23(2)18-20-28/h10-20,29H,9,21-22H2,1-8H3,(H,34,38)/t29-/m1/s1. The molecule has 0 saturated heterocycles. The number of nitrogens with zero attached hydrogens (tertiary/aromatic N) is 2. The summed E-state index contributed by atoms with van der Waals surface area (Å²) in [7, 11) is -4.12. The van der Waals surface area contributed by atoms with Gasteiger partial charge in [0.15, 0.2) is 0 Å². The number of amides is 2. The first-order valence-electron chi connectivity index (χ1n) is 14.0. The van der Waals surface area contributed by atoms with Crippen molar-refractivity contribution >= 4 is 27.5 Å². The van der Waals surface area contributed by atoms with Crippen LogP contribution in [-0.4, -0.2) is 43.3 Å². The maximum Gasteiger partial charge on any atom is 0.264 e. The molecule has 0 aliphatic carbocycles. The molecule has 0 saturated carbocycles. The number of sulfonamides is 1. The fraction of sp³-hybridized carbons (Fsp3) is 0.394. The molecule has 1 atom stereocenters. The van der Waals surface area contributed by atoms with E-state index in [1.165, 1.54) is 9.21 Å². The summed E-state index contributed by atoms with van der Waals surface area (Å²) in [6, 6.07) is 18.9. The molecule has 0 unspecified atom stereocenters. The second-order valence-corrected chi connectivity index (χ2v) is 13.5. The van der Waals surface area contributed by atoms with Gasteiger partial charge in [-0.2, -0.15) is 0 Å². The Kier molecular flexibility index (Phi) is 10.0. The Morgan fingerprint density at radius 1 is 0.854 bits per heavy atom. The van der Waals surface area contributed by atoms with Gasteiger partial charge in [0.1, 0.15) is 12.6 Å². The average Bonchev–Trinajstić information content (AvgIpc) is 2.89. The summed E-state index contributed by atoms with van der Waals surface area (Å²) in [5.74, 6) is -0.734. The van der Waals surface area contributed by atoms with Gasteiger partial charge in [-0.3, -0.25) is 13.9 Å². The first-order chi connectivity index (χ1) is 19.2. The van der Waals surface area contributed by atoms with Crippen molar-refractivity contribution < 1.29 is 18.0 Å².